The van der Waals surface area contributed by atoms with Crippen LogP contribution in [0.3, 0.4) is 0 Å². The van der Waals surface area contributed by atoms with E-state index in [1.165, 1.54) is 18.2 Å². The summed E-state index contributed by atoms with van der Waals surface area (Å²) in [6.07, 6.45) is 0.915. The van der Waals surface area contributed by atoms with E-state index in [4.69, 9.17) is 4.74 Å². The molecule has 2 atom stereocenters. The van der Waals surface area contributed by atoms with E-state index in [1.54, 1.807) is 36.1 Å². The van der Waals surface area contributed by atoms with Crippen molar-refractivity contribution in [3.05, 3.63) is 94.4 Å². The molecule has 3 aromatic carbocycles. The Labute approximate surface area is 219 Å². The smallest absolute Gasteiger partial charge is 0.414 e. The fraction of sp³-hybridized carbons (Fsp3) is 0.286. The number of nitrogens with one attached hydrogen (secondary N) is 2. The molecule has 1 fully saturated rings. The number of amides is 2. The van der Waals surface area contributed by atoms with Gasteiger partial charge in [0.15, 0.2) is 5.69 Å². The number of ether oxygens (including phenoxy) is 1. The Balaban J connectivity index is 1.29. The van der Waals surface area contributed by atoms with Crippen LogP contribution in [0.5, 0.6) is 0 Å². The molecule has 10 heteroatoms. The van der Waals surface area contributed by atoms with E-state index < -0.39 is 11.1 Å². The number of hydrogen-bond acceptors (Lipinski definition) is 6. The van der Waals surface area contributed by atoms with Crippen molar-refractivity contribution in [1.82, 2.24) is 5.32 Å². The molecule has 5 rings (SSSR count). The van der Waals surface area contributed by atoms with E-state index in [0.29, 0.717) is 31.6 Å². The SMILES string of the molecule is CC(NC(=O)c1ccc(N2CCC(N3C(=O)OCc4ccccc43)CC2)c([NH+]([O-])O)c1)c1ccc(F)cc1. The number of fused-ring (bicyclic) bond motifs is 1. The van der Waals surface area contributed by atoms with Gasteiger partial charge in [-0.15, -0.1) is 0 Å². The fourth-order valence-corrected chi connectivity index (χ4v) is 5.13. The molecule has 198 valence electrons. The minimum Gasteiger partial charge on any atom is -0.595 e. The van der Waals surface area contributed by atoms with Crippen molar-refractivity contribution in [3.8, 4) is 0 Å². The normalized spacial score (nSPS) is 17.4. The van der Waals surface area contributed by atoms with Gasteiger partial charge in [-0.1, -0.05) is 30.3 Å². The number of quaternary nitrogens is 1. The van der Waals surface area contributed by atoms with Gasteiger partial charge in [0, 0.05) is 36.3 Å². The number of hydrogen-bond donors (Lipinski definition) is 3. The van der Waals surface area contributed by atoms with Gasteiger partial charge in [-0.2, -0.15) is 5.23 Å². The molecular formula is C28H29FN4O5. The van der Waals surface area contributed by atoms with Crippen LogP contribution in [0.1, 0.15) is 47.3 Å². The van der Waals surface area contributed by atoms with Crippen LogP contribution in [0.4, 0.5) is 26.2 Å². The number of carbonyl (C=O) groups is 2. The lowest BCUT2D eigenvalue weighted by Gasteiger charge is -2.41. The molecule has 9 nitrogen and oxygen atoms in total. The quantitative estimate of drug-likeness (QED) is 0.426. The number of cyclic esters (lactones) is 1. The maximum Gasteiger partial charge on any atom is 0.414 e. The summed E-state index contributed by atoms with van der Waals surface area (Å²) in [5.41, 5.74) is 3.35. The highest BCUT2D eigenvalue weighted by molar-refractivity contribution is 5.96. The zero-order valence-electron chi connectivity index (χ0n) is 20.9. The fourth-order valence-electron chi connectivity index (χ4n) is 5.13. The standard InChI is InChI=1S/C28H29FN4O5/c1-18(19-6-9-22(29)10-7-19)30-27(34)20-8-11-25(26(16-20)33(36)37)31-14-12-23(13-15-31)32-24-5-3-2-4-21(24)17-38-28(32)35/h2-11,16,18,23,33,36H,12-15,17H2,1H3,(H,30,34). The number of halogens is 1. The van der Waals surface area contributed by atoms with Crippen LogP contribution < -0.4 is 20.3 Å². The summed E-state index contributed by atoms with van der Waals surface area (Å²) in [5, 5.41) is 23.8. The Morgan fingerprint density at radius 2 is 1.82 bits per heavy atom. The van der Waals surface area contributed by atoms with Gasteiger partial charge in [0.25, 0.3) is 5.91 Å². The number of anilines is 2. The van der Waals surface area contributed by atoms with Crippen molar-refractivity contribution in [2.75, 3.05) is 22.9 Å². The Morgan fingerprint density at radius 3 is 2.53 bits per heavy atom. The van der Waals surface area contributed by atoms with Gasteiger partial charge in [0.2, 0.25) is 0 Å². The molecule has 1 saturated heterocycles. The van der Waals surface area contributed by atoms with E-state index in [9.17, 15) is 24.4 Å². The van der Waals surface area contributed by atoms with Gasteiger partial charge < -0.3 is 20.2 Å². The first-order valence-corrected chi connectivity index (χ1v) is 12.5. The minimum absolute atomic E-state index is 0.0354. The molecular weight excluding hydrogens is 491 g/mol. The topological polar surface area (TPSA) is 110 Å². The van der Waals surface area contributed by atoms with E-state index in [1.807, 2.05) is 29.2 Å². The van der Waals surface area contributed by atoms with Crippen molar-refractivity contribution in [3.63, 3.8) is 0 Å². The molecule has 3 N–H and O–H groups in total. The summed E-state index contributed by atoms with van der Waals surface area (Å²) in [6, 6.07) is 17.7. The molecule has 0 spiro atoms. The van der Waals surface area contributed by atoms with Gasteiger partial charge >= 0.3 is 6.09 Å². The first-order valence-electron chi connectivity index (χ1n) is 12.5. The van der Waals surface area contributed by atoms with Crippen LogP contribution in [-0.4, -0.2) is 36.3 Å². The largest absolute Gasteiger partial charge is 0.595 e. The van der Waals surface area contributed by atoms with Crippen LogP contribution >= 0.6 is 0 Å². The molecule has 3 aromatic rings. The second-order valence-corrected chi connectivity index (χ2v) is 9.56. The summed E-state index contributed by atoms with van der Waals surface area (Å²) in [4.78, 5) is 29.1. The Bertz CT molecular complexity index is 1330. The summed E-state index contributed by atoms with van der Waals surface area (Å²) < 4.78 is 18.6. The van der Waals surface area contributed by atoms with Gasteiger partial charge in [-0.05, 0) is 55.7 Å². The van der Waals surface area contributed by atoms with Crippen LogP contribution in [0.25, 0.3) is 0 Å². The zero-order chi connectivity index (χ0) is 26.8. The number of nitrogens with zero attached hydrogens (tertiary/aromatic N) is 2. The number of para-hydroxylation sites is 1. The molecule has 2 amide bonds. The number of rotatable bonds is 6. The average Bonchev–Trinajstić information content (AvgIpc) is 2.93. The van der Waals surface area contributed by atoms with Crippen molar-refractivity contribution < 1.29 is 29.2 Å². The van der Waals surface area contributed by atoms with Crippen molar-refractivity contribution in [1.29, 1.82) is 0 Å². The predicted octanol–water partition coefficient (Wildman–Crippen LogP) is 3.85. The second-order valence-electron chi connectivity index (χ2n) is 9.56. The Morgan fingerprint density at radius 1 is 1.11 bits per heavy atom. The third kappa shape index (κ3) is 5.19. The van der Waals surface area contributed by atoms with Gasteiger partial charge in [0.05, 0.1) is 11.7 Å². The lowest BCUT2D eigenvalue weighted by atomic mass is 9.99. The van der Waals surface area contributed by atoms with Crippen LogP contribution in [0.15, 0.2) is 66.7 Å². The average molecular weight is 521 g/mol. The van der Waals surface area contributed by atoms with E-state index in [2.05, 4.69) is 5.32 Å². The third-order valence-corrected chi connectivity index (χ3v) is 7.18. The predicted molar refractivity (Wildman–Crippen MR) is 139 cm³/mol. The monoisotopic (exact) mass is 520 g/mol. The van der Waals surface area contributed by atoms with E-state index in [0.717, 1.165) is 16.8 Å². The van der Waals surface area contributed by atoms with Crippen LogP contribution in [0.2, 0.25) is 0 Å². The molecule has 38 heavy (non-hydrogen) atoms. The van der Waals surface area contributed by atoms with Crippen LogP contribution in [0, 0.1) is 11.0 Å². The molecule has 2 aliphatic heterocycles. The van der Waals surface area contributed by atoms with Gasteiger partial charge in [-0.3, -0.25) is 9.69 Å². The highest BCUT2D eigenvalue weighted by Gasteiger charge is 2.35. The van der Waals surface area contributed by atoms with Gasteiger partial charge in [0.1, 0.15) is 18.1 Å². The molecule has 2 unspecified atom stereocenters. The maximum atomic E-state index is 13.2. The molecule has 0 aromatic heterocycles. The van der Waals surface area contributed by atoms with Gasteiger partial charge in [-0.25, -0.2) is 14.4 Å². The second kappa shape index (κ2) is 10.8. The molecule has 2 aliphatic rings. The van der Waals surface area contributed by atoms with E-state index in [-0.39, 0.29) is 41.9 Å². The number of carbonyl (C=O) groups excluding carboxylic acids is 2. The first kappa shape index (κ1) is 25.7. The van der Waals surface area contributed by atoms with E-state index >= 15 is 0 Å². The summed E-state index contributed by atoms with van der Waals surface area (Å²) >= 11 is 0. The van der Waals surface area contributed by atoms with Crippen LogP contribution in [-0.2, 0) is 11.3 Å². The maximum absolute atomic E-state index is 13.2. The number of benzene rings is 3. The number of piperidine rings is 1. The highest BCUT2D eigenvalue weighted by Crippen LogP contribution is 2.34. The molecule has 0 bridgehead atoms. The third-order valence-electron chi connectivity index (χ3n) is 7.18. The van der Waals surface area contributed by atoms with Crippen molar-refractivity contribution in [2.45, 2.75) is 38.5 Å². The highest BCUT2D eigenvalue weighted by atomic mass is 19.1. The lowest BCUT2D eigenvalue weighted by molar-refractivity contribution is -0.990. The summed E-state index contributed by atoms with van der Waals surface area (Å²) in [5.74, 6) is -0.782. The Hall–Kier alpha value is -3.99. The molecule has 0 saturated carbocycles. The Kier molecular flexibility index (Phi) is 7.28. The molecule has 2 heterocycles. The zero-order valence-corrected chi connectivity index (χ0v) is 20.9. The molecule has 0 radical (unpaired) electrons. The summed E-state index contributed by atoms with van der Waals surface area (Å²) in [6.45, 7) is 3.13. The lowest BCUT2D eigenvalue weighted by Crippen LogP contribution is -2.99. The molecule has 0 aliphatic carbocycles. The van der Waals surface area contributed by atoms with Crippen molar-refractivity contribution in [2.24, 2.45) is 0 Å². The summed E-state index contributed by atoms with van der Waals surface area (Å²) in [7, 11) is 0. The minimum atomic E-state index is -1.13. The first-order chi connectivity index (χ1) is 18.3. The van der Waals surface area contributed by atoms with Crippen molar-refractivity contribution >= 4 is 29.1 Å².